The third-order valence-corrected chi connectivity index (χ3v) is 6.29. The molecular weight excluding hydrogens is 458 g/mol. The number of aryl methyl sites for hydroxylation is 2. The molecule has 1 aliphatic heterocycles. The molecule has 2 heterocycles. The fourth-order valence-corrected chi connectivity index (χ4v) is 4.30. The Morgan fingerprint density at radius 1 is 1.03 bits per heavy atom. The summed E-state index contributed by atoms with van der Waals surface area (Å²) < 4.78 is 7.39. The van der Waals surface area contributed by atoms with Gasteiger partial charge in [-0.15, -0.1) is 0 Å². The number of carbonyl (C=O) groups is 2. The second kappa shape index (κ2) is 8.84. The van der Waals surface area contributed by atoms with Crippen LogP contribution < -0.4 is 15.0 Å². The molecule has 3 aromatic rings. The molecule has 2 amide bonds. The Bertz CT molecular complexity index is 1340. The Kier molecular flexibility index (Phi) is 6.10. The summed E-state index contributed by atoms with van der Waals surface area (Å²) in [5.74, 6) is -0.303. The van der Waals surface area contributed by atoms with Gasteiger partial charge >= 0.3 is 0 Å². The highest BCUT2D eigenvalue weighted by atomic mass is 35.5. The highest BCUT2D eigenvalue weighted by molar-refractivity contribution is 7.80. The highest BCUT2D eigenvalue weighted by Crippen LogP contribution is 2.29. The molecule has 33 heavy (non-hydrogen) atoms. The maximum atomic E-state index is 13.3. The second-order valence-electron chi connectivity index (χ2n) is 7.75. The number of ether oxygens (including phenoxy) is 1. The minimum atomic E-state index is -0.536. The number of nitrogens with zero attached hydrogens (tertiary/aromatic N) is 2. The van der Waals surface area contributed by atoms with Gasteiger partial charge in [-0.25, -0.2) is 0 Å². The largest absolute Gasteiger partial charge is 0.497 e. The Morgan fingerprint density at radius 2 is 1.79 bits per heavy atom. The van der Waals surface area contributed by atoms with Gasteiger partial charge in [0.05, 0.1) is 12.8 Å². The molecular formula is C25H22ClN3O3S. The van der Waals surface area contributed by atoms with Crippen molar-refractivity contribution < 1.29 is 14.3 Å². The third-order valence-electron chi connectivity index (χ3n) is 5.60. The quantitative estimate of drug-likeness (QED) is 0.328. The predicted molar refractivity (Wildman–Crippen MR) is 134 cm³/mol. The molecule has 6 nitrogen and oxygen atoms in total. The van der Waals surface area contributed by atoms with Crippen molar-refractivity contribution in [1.82, 2.24) is 9.88 Å². The number of benzene rings is 2. The summed E-state index contributed by atoms with van der Waals surface area (Å²) in [7, 11) is 1.62. The number of hydrogen-bond acceptors (Lipinski definition) is 4. The molecule has 2 aromatic carbocycles. The van der Waals surface area contributed by atoms with Crippen LogP contribution in [-0.2, 0) is 9.59 Å². The number of halogens is 1. The van der Waals surface area contributed by atoms with Crippen molar-refractivity contribution >= 4 is 52.5 Å². The summed E-state index contributed by atoms with van der Waals surface area (Å²) in [5, 5.41) is 3.14. The number of anilines is 1. The lowest BCUT2D eigenvalue weighted by Gasteiger charge is -2.29. The smallest absolute Gasteiger partial charge is 0.270 e. The van der Waals surface area contributed by atoms with Gasteiger partial charge in [0.1, 0.15) is 11.3 Å². The number of thiocarbonyl (C=S) groups is 1. The first-order valence-corrected chi connectivity index (χ1v) is 11.0. The fraction of sp³-hybridized carbons (Fsp3) is 0.160. The fourth-order valence-electron chi connectivity index (χ4n) is 3.85. The van der Waals surface area contributed by atoms with Crippen LogP contribution in [0.2, 0.25) is 5.02 Å². The zero-order valence-corrected chi connectivity index (χ0v) is 20.2. The van der Waals surface area contributed by atoms with Crippen molar-refractivity contribution in [2.45, 2.75) is 20.8 Å². The van der Waals surface area contributed by atoms with E-state index in [1.54, 1.807) is 31.4 Å². The van der Waals surface area contributed by atoms with Crippen LogP contribution in [-0.4, -0.2) is 28.6 Å². The molecule has 0 bridgehead atoms. The lowest BCUT2D eigenvalue weighted by Crippen LogP contribution is -2.54. The van der Waals surface area contributed by atoms with E-state index in [2.05, 4.69) is 5.32 Å². The number of aromatic nitrogens is 1. The average Bonchev–Trinajstić information content (AvgIpc) is 3.06. The van der Waals surface area contributed by atoms with Gasteiger partial charge < -0.3 is 9.30 Å². The van der Waals surface area contributed by atoms with E-state index in [1.807, 2.05) is 55.7 Å². The van der Waals surface area contributed by atoms with Crippen LogP contribution in [0.4, 0.5) is 5.69 Å². The van der Waals surface area contributed by atoms with Crippen molar-refractivity contribution in [3.05, 3.63) is 81.6 Å². The van der Waals surface area contributed by atoms with E-state index in [1.165, 1.54) is 4.90 Å². The lowest BCUT2D eigenvalue weighted by molar-refractivity contribution is -0.122. The minimum Gasteiger partial charge on any atom is -0.497 e. The van der Waals surface area contributed by atoms with Crippen molar-refractivity contribution in [3.63, 3.8) is 0 Å². The van der Waals surface area contributed by atoms with E-state index < -0.39 is 11.8 Å². The number of rotatable bonds is 4. The standard InChI is InChI=1S/C25H22ClN3O3S/c1-14-8-9-19(13-22(14)26)29-24(31)21(23(30)27-25(29)33)11-17-10-15(2)28(16(17)3)18-6-5-7-20(12-18)32-4/h5-13H,1-4H3,(H,27,30,33)/b21-11-. The monoisotopic (exact) mass is 479 g/mol. The maximum Gasteiger partial charge on any atom is 0.270 e. The van der Waals surface area contributed by atoms with Crippen LogP contribution in [0.3, 0.4) is 0 Å². The van der Waals surface area contributed by atoms with Crippen LogP contribution in [0.1, 0.15) is 22.5 Å². The van der Waals surface area contributed by atoms with E-state index in [0.717, 1.165) is 34.0 Å². The second-order valence-corrected chi connectivity index (χ2v) is 8.55. The number of nitrogens with one attached hydrogen (secondary N) is 1. The van der Waals surface area contributed by atoms with Gasteiger partial charge in [-0.3, -0.25) is 19.8 Å². The van der Waals surface area contributed by atoms with E-state index >= 15 is 0 Å². The number of methoxy groups -OCH3 is 1. The first-order valence-electron chi connectivity index (χ1n) is 10.2. The van der Waals surface area contributed by atoms with Gasteiger partial charge in [-0.05, 0) is 80.5 Å². The Labute approximate surface area is 202 Å². The van der Waals surface area contributed by atoms with E-state index in [4.69, 9.17) is 28.6 Å². The first kappa shape index (κ1) is 22.8. The zero-order chi connectivity index (χ0) is 23.9. The molecule has 0 aliphatic carbocycles. The SMILES string of the molecule is COc1cccc(-n2c(C)cc(/C=C3/C(=O)NC(=S)N(c4ccc(C)c(Cl)c4)C3=O)c2C)c1. The summed E-state index contributed by atoms with van der Waals surface area (Å²) in [6.07, 6.45) is 1.60. The highest BCUT2D eigenvalue weighted by Gasteiger charge is 2.35. The number of carbonyl (C=O) groups excluding carboxylic acids is 2. The molecule has 8 heteroatoms. The molecule has 4 rings (SSSR count). The Morgan fingerprint density at radius 3 is 2.48 bits per heavy atom. The van der Waals surface area contributed by atoms with Gasteiger partial charge in [0.15, 0.2) is 5.11 Å². The molecule has 0 unspecified atom stereocenters. The molecule has 1 N–H and O–H groups in total. The number of amides is 2. The van der Waals surface area contributed by atoms with Crippen LogP contribution in [0.25, 0.3) is 11.8 Å². The molecule has 0 radical (unpaired) electrons. The summed E-state index contributed by atoms with van der Waals surface area (Å²) in [6, 6.07) is 14.8. The van der Waals surface area contributed by atoms with Gasteiger partial charge in [-0.1, -0.05) is 23.7 Å². The Balaban J connectivity index is 1.76. The zero-order valence-electron chi connectivity index (χ0n) is 18.6. The molecule has 0 atom stereocenters. The van der Waals surface area contributed by atoms with Crippen LogP contribution in [0, 0.1) is 20.8 Å². The molecule has 1 saturated heterocycles. The van der Waals surface area contributed by atoms with E-state index in [0.29, 0.717) is 10.7 Å². The molecule has 1 aliphatic rings. The maximum absolute atomic E-state index is 13.3. The summed E-state index contributed by atoms with van der Waals surface area (Å²) in [4.78, 5) is 27.3. The third kappa shape index (κ3) is 4.17. The van der Waals surface area contributed by atoms with Crippen molar-refractivity contribution in [3.8, 4) is 11.4 Å². The van der Waals surface area contributed by atoms with Crippen molar-refractivity contribution in [1.29, 1.82) is 0 Å². The van der Waals surface area contributed by atoms with Crippen molar-refractivity contribution in [2.24, 2.45) is 0 Å². The summed E-state index contributed by atoms with van der Waals surface area (Å²) in [5.41, 5.74) is 4.87. The Hall–Kier alpha value is -3.42. The van der Waals surface area contributed by atoms with Crippen LogP contribution in [0.5, 0.6) is 5.75 Å². The molecule has 1 aromatic heterocycles. The summed E-state index contributed by atoms with van der Waals surface area (Å²) in [6.45, 7) is 5.77. The molecule has 0 spiro atoms. The average molecular weight is 480 g/mol. The summed E-state index contributed by atoms with van der Waals surface area (Å²) >= 11 is 11.5. The molecule has 168 valence electrons. The molecule has 0 saturated carbocycles. The number of hydrogen-bond donors (Lipinski definition) is 1. The van der Waals surface area contributed by atoms with Crippen molar-refractivity contribution in [2.75, 3.05) is 12.0 Å². The first-order chi connectivity index (χ1) is 15.7. The minimum absolute atomic E-state index is 0.00816. The normalized spacial score (nSPS) is 15.2. The lowest BCUT2D eigenvalue weighted by atomic mass is 10.1. The van der Waals surface area contributed by atoms with Gasteiger partial charge in [0, 0.05) is 28.2 Å². The van der Waals surface area contributed by atoms with E-state index in [-0.39, 0.29) is 10.7 Å². The van der Waals surface area contributed by atoms with Crippen LogP contribution in [0.15, 0.2) is 54.1 Å². The van der Waals surface area contributed by atoms with E-state index in [9.17, 15) is 9.59 Å². The van der Waals surface area contributed by atoms with Gasteiger partial charge in [-0.2, -0.15) is 0 Å². The van der Waals surface area contributed by atoms with Gasteiger partial charge in [0.25, 0.3) is 11.8 Å². The van der Waals surface area contributed by atoms with Gasteiger partial charge in [0.2, 0.25) is 0 Å². The predicted octanol–water partition coefficient (Wildman–Crippen LogP) is 4.90. The van der Waals surface area contributed by atoms with Crippen LogP contribution >= 0.6 is 23.8 Å². The molecule has 1 fully saturated rings. The topological polar surface area (TPSA) is 63.6 Å².